The first-order valence-corrected chi connectivity index (χ1v) is 7.76. The molecule has 0 fully saturated rings. The molecule has 0 radical (unpaired) electrons. The lowest BCUT2D eigenvalue weighted by Crippen LogP contribution is -1.92. The summed E-state index contributed by atoms with van der Waals surface area (Å²) in [5, 5.41) is 0. The molecule has 3 nitrogen and oxygen atoms in total. The molecule has 0 atom stereocenters. The summed E-state index contributed by atoms with van der Waals surface area (Å²) in [5.41, 5.74) is 4.30. The third kappa shape index (κ3) is 3.25. The Labute approximate surface area is 140 Å². The average molecular weight is 322 g/mol. The van der Waals surface area contributed by atoms with Gasteiger partial charge in [0.2, 0.25) is 0 Å². The molecule has 0 aliphatic carbocycles. The number of aliphatic imine (C=N–C) groups is 2. The number of halogens is 1. The topological polar surface area (TPSA) is 29.6 Å². The van der Waals surface area contributed by atoms with Gasteiger partial charge in [-0.3, -0.25) is 4.99 Å². The molecule has 0 amide bonds. The van der Waals surface area contributed by atoms with E-state index in [1.54, 1.807) is 6.21 Å². The molecule has 1 aromatic heterocycles. The number of benzene rings is 2. The first kappa shape index (κ1) is 15.3. The molecule has 3 aromatic rings. The van der Waals surface area contributed by atoms with Gasteiger partial charge in [0, 0.05) is 23.7 Å². The molecule has 2 aromatic carbocycles. The predicted octanol–water partition coefficient (Wildman–Crippen LogP) is 5.09. The van der Waals surface area contributed by atoms with Crippen molar-refractivity contribution in [1.82, 2.24) is 4.57 Å². The van der Waals surface area contributed by atoms with Gasteiger partial charge in [0.05, 0.1) is 0 Å². The van der Waals surface area contributed by atoms with Crippen LogP contribution in [0.5, 0.6) is 0 Å². The Morgan fingerprint density at radius 2 is 1.65 bits per heavy atom. The van der Waals surface area contributed by atoms with E-state index in [4.69, 9.17) is 11.6 Å². The van der Waals surface area contributed by atoms with Crippen LogP contribution in [0.4, 0.5) is 5.82 Å². The Bertz CT molecular complexity index is 818. The monoisotopic (exact) mass is 321 g/mol. The zero-order valence-corrected chi connectivity index (χ0v) is 13.3. The zero-order chi connectivity index (χ0) is 16.1. The predicted molar refractivity (Wildman–Crippen MR) is 98.7 cm³/mol. The van der Waals surface area contributed by atoms with Gasteiger partial charge in [-0.2, -0.15) is 0 Å². The van der Waals surface area contributed by atoms with Crippen LogP contribution in [0.2, 0.25) is 0 Å². The van der Waals surface area contributed by atoms with Crippen LogP contribution in [0, 0.1) is 0 Å². The van der Waals surface area contributed by atoms with Gasteiger partial charge in [-0.05, 0) is 36.0 Å². The minimum atomic E-state index is 0.230. The summed E-state index contributed by atoms with van der Waals surface area (Å²) < 4.78 is 1.98. The molecule has 0 N–H and O–H groups in total. The maximum atomic E-state index is 5.60. The smallest absolute Gasteiger partial charge is 0.145 e. The summed E-state index contributed by atoms with van der Waals surface area (Å²) in [5.74, 6) is 0.756. The quantitative estimate of drug-likeness (QED) is 0.356. The third-order valence-corrected chi connectivity index (χ3v) is 3.73. The van der Waals surface area contributed by atoms with E-state index in [-0.39, 0.29) is 6.00 Å². The van der Waals surface area contributed by atoms with Gasteiger partial charge in [0.15, 0.2) is 0 Å². The molecule has 0 saturated heterocycles. The van der Waals surface area contributed by atoms with E-state index < -0.39 is 0 Å². The molecule has 23 heavy (non-hydrogen) atoms. The lowest BCUT2D eigenvalue weighted by Gasteiger charge is -2.08. The summed E-state index contributed by atoms with van der Waals surface area (Å²) in [6.07, 6.45) is 3.67. The highest BCUT2D eigenvalue weighted by atomic mass is 35.5. The molecule has 3 rings (SSSR count). The number of aromatic nitrogens is 1. The molecular weight excluding hydrogens is 306 g/mol. The van der Waals surface area contributed by atoms with Crippen molar-refractivity contribution < 1.29 is 0 Å². The fourth-order valence-corrected chi connectivity index (χ4v) is 2.56. The van der Waals surface area contributed by atoms with Crippen molar-refractivity contribution >= 4 is 30.4 Å². The lowest BCUT2D eigenvalue weighted by molar-refractivity contribution is 1.07. The van der Waals surface area contributed by atoms with Gasteiger partial charge in [-0.25, -0.2) is 4.99 Å². The highest BCUT2D eigenvalue weighted by molar-refractivity contribution is 6.18. The van der Waals surface area contributed by atoms with Gasteiger partial charge in [0.25, 0.3) is 0 Å². The van der Waals surface area contributed by atoms with E-state index in [0.29, 0.717) is 0 Å². The number of hydrogen-bond donors (Lipinski definition) is 0. The largest absolute Gasteiger partial charge is 0.301 e. The summed E-state index contributed by atoms with van der Waals surface area (Å²) in [6.45, 7) is 3.66. The van der Waals surface area contributed by atoms with E-state index >= 15 is 0 Å². The Kier molecular flexibility index (Phi) is 4.69. The standard InChI is InChI=1S/C19H16ClN3/c1-21-19-17(13-22-14-20)11-12-23(19)18-9-7-16(8-10-18)15-5-3-2-4-6-15/h2-13H,1,14H2. The lowest BCUT2D eigenvalue weighted by atomic mass is 10.1. The van der Waals surface area contributed by atoms with E-state index in [2.05, 4.69) is 53.1 Å². The van der Waals surface area contributed by atoms with Crippen LogP contribution in [-0.2, 0) is 0 Å². The maximum absolute atomic E-state index is 5.60. The molecule has 0 unspecified atom stereocenters. The van der Waals surface area contributed by atoms with Crippen LogP contribution in [0.3, 0.4) is 0 Å². The molecule has 0 spiro atoms. The second-order valence-corrected chi connectivity index (χ2v) is 5.21. The third-order valence-electron chi connectivity index (χ3n) is 3.59. The summed E-state index contributed by atoms with van der Waals surface area (Å²) >= 11 is 5.60. The Morgan fingerprint density at radius 1 is 0.957 bits per heavy atom. The fraction of sp³-hybridized carbons (Fsp3) is 0.0526. The Hall–Kier alpha value is -2.65. The van der Waals surface area contributed by atoms with Gasteiger partial charge < -0.3 is 4.57 Å². The molecular formula is C19H16ClN3. The molecule has 0 saturated carbocycles. The molecule has 4 heteroatoms. The van der Waals surface area contributed by atoms with Gasteiger partial charge in [-0.1, -0.05) is 42.5 Å². The van der Waals surface area contributed by atoms with Crippen molar-refractivity contribution in [2.45, 2.75) is 0 Å². The van der Waals surface area contributed by atoms with Crippen molar-refractivity contribution in [1.29, 1.82) is 0 Å². The molecule has 0 bridgehead atoms. The average Bonchev–Trinajstić information content (AvgIpc) is 3.03. The van der Waals surface area contributed by atoms with Crippen LogP contribution in [0.1, 0.15) is 5.56 Å². The number of rotatable bonds is 5. The first-order valence-electron chi connectivity index (χ1n) is 7.23. The van der Waals surface area contributed by atoms with E-state index in [0.717, 1.165) is 17.1 Å². The van der Waals surface area contributed by atoms with Crippen LogP contribution in [0.15, 0.2) is 76.8 Å². The fourth-order valence-electron chi connectivity index (χ4n) is 2.49. The first-order chi connectivity index (χ1) is 11.3. The normalized spacial score (nSPS) is 11.0. The summed E-state index contributed by atoms with van der Waals surface area (Å²) in [6, 6.07) is 20.8. The van der Waals surface area contributed by atoms with Crippen LogP contribution in [0.25, 0.3) is 16.8 Å². The molecule has 1 heterocycles. The Balaban J connectivity index is 1.95. The van der Waals surface area contributed by atoms with Crippen LogP contribution < -0.4 is 0 Å². The molecule has 0 aliphatic rings. The van der Waals surface area contributed by atoms with Gasteiger partial charge in [-0.15, -0.1) is 11.6 Å². The molecule has 114 valence electrons. The summed E-state index contributed by atoms with van der Waals surface area (Å²) in [4.78, 5) is 8.17. The second-order valence-electron chi connectivity index (χ2n) is 4.97. The summed E-state index contributed by atoms with van der Waals surface area (Å²) in [7, 11) is 0. The van der Waals surface area contributed by atoms with Gasteiger partial charge >= 0.3 is 0 Å². The van der Waals surface area contributed by atoms with Crippen LogP contribution >= 0.6 is 11.6 Å². The van der Waals surface area contributed by atoms with Crippen molar-refractivity contribution in [3.05, 3.63) is 72.4 Å². The van der Waals surface area contributed by atoms with Crippen molar-refractivity contribution in [2.24, 2.45) is 9.98 Å². The number of nitrogens with zero attached hydrogens (tertiary/aromatic N) is 3. The maximum Gasteiger partial charge on any atom is 0.145 e. The van der Waals surface area contributed by atoms with Crippen molar-refractivity contribution in [3.63, 3.8) is 0 Å². The zero-order valence-electron chi connectivity index (χ0n) is 12.6. The van der Waals surface area contributed by atoms with Gasteiger partial charge in [0.1, 0.15) is 11.8 Å². The van der Waals surface area contributed by atoms with E-state index in [9.17, 15) is 0 Å². The highest BCUT2D eigenvalue weighted by Crippen LogP contribution is 2.26. The highest BCUT2D eigenvalue weighted by Gasteiger charge is 2.08. The SMILES string of the molecule is C=Nc1c(C=NCCl)ccn1-c1ccc(-c2ccccc2)cc1. The van der Waals surface area contributed by atoms with E-state index in [1.807, 2.05) is 35.0 Å². The molecule has 0 aliphatic heterocycles. The number of alkyl halides is 1. The minimum Gasteiger partial charge on any atom is -0.301 e. The Morgan fingerprint density at radius 3 is 2.30 bits per heavy atom. The van der Waals surface area contributed by atoms with Crippen molar-refractivity contribution in [2.75, 3.05) is 6.00 Å². The second kappa shape index (κ2) is 7.07. The van der Waals surface area contributed by atoms with Crippen molar-refractivity contribution in [3.8, 4) is 16.8 Å². The van der Waals surface area contributed by atoms with E-state index in [1.165, 1.54) is 11.1 Å². The number of hydrogen-bond acceptors (Lipinski definition) is 2. The van der Waals surface area contributed by atoms with Crippen LogP contribution in [-0.4, -0.2) is 23.5 Å². The minimum absolute atomic E-state index is 0.230.